The van der Waals surface area contributed by atoms with Crippen molar-refractivity contribution in [3.8, 4) is 5.75 Å². The Labute approximate surface area is 114 Å². The number of piperidine rings is 1. The van der Waals surface area contributed by atoms with E-state index in [-0.39, 0.29) is 5.25 Å². The molecule has 1 heterocycles. The van der Waals surface area contributed by atoms with Crippen molar-refractivity contribution in [2.24, 2.45) is 0 Å². The van der Waals surface area contributed by atoms with E-state index in [0.717, 1.165) is 18.8 Å². The molecule has 0 atom stereocenters. The number of methoxy groups -OCH3 is 1. The van der Waals surface area contributed by atoms with Gasteiger partial charge in [-0.1, -0.05) is 0 Å². The smallest absolute Gasteiger partial charge is 0.237 e. The lowest BCUT2D eigenvalue weighted by molar-refractivity contribution is 0.415. The predicted molar refractivity (Wildman–Crippen MR) is 76.2 cm³/mol. The van der Waals surface area contributed by atoms with Crippen molar-refractivity contribution < 1.29 is 13.2 Å². The maximum absolute atomic E-state index is 12.5. The highest BCUT2D eigenvalue weighted by atomic mass is 32.2. The summed E-state index contributed by atoms with van der Waals surface area (Å²) in [6.45, 7) is 1.53. The van der Waals surface area contributed by atoms with E-state index >= 15 is 0 Å². The number of hydrogen-bond donors (Lipinski definition) is 1. The molecule has 1 N–H and O–H groups in total. The molecule has 0 amide bonds. The van der Waals surface area contributed by atoms with E-state index in [1.54, 1.807) is 38.4 Å². The van der Waals surface area contributed by atoms with Gasteiger partial charge < -0.3 is 10.1 Å². The second-order valence-corrected chi connectivity index (χ2v) is 6.90. The first-order valence-electron chi connectivity index (χ1n) is 6.38. The van der Waals surface area contributed by atoms with E-state index in [0.29, 0.717) is 18.5 Å². The van der Waals surface area contributed by atoms with E-state index in [4.69, 9.17) is 4.74 Å². The van der Waals surface area contributed by atoms with Crippen molar-refractivity contribution in [2.45, 2.75) is 18.1 Å². The maximum Gasteiger partial charge on any atom is 0.237 e. The van der Waals surface area contributed by atoms with Gasteiger partial charge in [0.15, 0.2) is 0 Å². The molecule has 2 rings (SSSR count). The van der Waals surface area contributed by atoms with Crippen LogP contribution in [0.15, 0.2) is 24.3 Å². The first kappa shape index (κ1) is 14.1. The van der Waals surface area contributed by atoms with Gasteiger partial charge in [-0.2, -0.15) is 0 Å². The number of hydrogen-bond acceptors (Lipinski definition) is 4. The predicted octanol–water partition coefficient (Wildman–Crippen LogP) is 1.21. The minimum atomic E-state index is -3.28. The Bertz CT molecular complexity index is 507. The lowest BCUT2D eigenvalue weighted by Crippen LogP contribution is -2.42. The second kappa shape index (κ2) is 5.79. The fourth-order valence-electron chi connectivity index (χ4n) is 2.26. The van der Waals surface area contributed by atoms with Crippen molar-refractivity contribution in [1.29, 1.82) is 0 Å². The Balaban J connectivity index is 2.18. The zero-order chi connectivity index (χ0) is 13.9. The molecular formula is C13H20N2O3S. The summed E-state index contributed by atoms with van der Waals surface area (Å²) in [4.78, 5) is 0. The maximum atomic E-state index is 12.5. The van der Waals surface area contributed by atoms with Gasteiger partial charge in [0.2, 0.25) is 10.0 Å². The summed E-state index contributed by atoms with van der Waals surface area (Å²) in [6.07, 6.45) is 1.34. The summed E-state index contributed by atoms with van der Waals surface area (Å²) in [5, 5.41) is 2.89. The second-order valence-electron chi connectivity index (χ2n) is 4.66. The van der Waals surface area contributed by atoms with Crippen LogP contribution in [-0.2, 0) is 10.0 Å². The van der Waals surface area contributed by atoms with Crippen molar-refractivity contribution >= 4 is 15.7 Å². The first-order valence-corrected chi connectivity index (χ1v) is 7.88. The van der Waals surface area contributed by atoms with Gasteiger partial charge in [0.1, 0.15) is 5.75 Å². The molecule has 0 radical (unpaired) electrons. The Hall–Kier alpha value is -1.27. The third-order valence-corrected chi connectivity index (χ3v) is 5.81. The Morgan fingerprint density at radius 2 is 1.79 bits per heavy atom. The highest BCUT2D eigenvalue weighted by molar-refractivity contribution is 7.93. The van der Waals surface area contributed by atoms with Crippen LogP contribution in [0.4, 0.5) is 5.69 Å². The fourth-order valence-corrected chi connectivity index (χ4v) is 3.95. The summed E-state index contributed by atoms with van der Waals surface area (Å²) in [7, 11) is -0.0841. The molecule has 0 aliphatic carbocycles. The van der Waals surface area contributed by atoms with Crippen LogP contribution in [-0.4, -0.2) is 40.9 Å². The summed E-state index contributed by atoms with van der Waals surface area (Å²) in [5.41, 5.74) is 0.666. The number of ether oxygens (including phenoxy) is 1. The van der Waals surface area contributed by atoms with Gasteiger partial charge in [-0.25, -0.2) is 8.42 Å². The number of benzene rings is 1. The van der Waals surface area contributed by atoms with Crippen LogP contribution in [0.1, 0.15) is 12.8 Å². The Morgan fingerprint density at radius 3 is 2.32 bits per heavy atom. The van der Waals surface area contributed by atoms with Crippen LogP contribution in [0.5, 0.6) is 5.75 Å². The van der Waals surface area contributed by atoms with Crippen LogP contribution in [0.3, 0.4) is 0 Å². The molecule has 106 valence electrons. The largest absolute Gasteiger partial charge is 0.497 e. The van der Waals surface area contributed by atoms with Crippen LogP contribution in [0, 0.1) is 0 Å². The Kier molecular flexibility index (Phi) is 4.31. The van der Waals surface area contributed by atoms with Crippen LogP contribution in [0.25, 0.3) is 0 Å². The van der Waals surface area contributed by atoms with E-state index in [9.17, 15) is 8.42 Å². The van der Waals surface area contributed by atoms with Crippen molar-refractivity contribution in [1.82, 2.24) is 5.32 Å². The number of anilines is 1. The summed E-state index contributed by atoms with van der Waals surface area (Å²) in [6, 6.07) is 7.06. The molecule has 0 aromatic heterocycles. The topological polar surface area (TPSA) is 58.6 Å². The van der Waals surface area contributed by atoms with E-state index in [2.05, 4.69) is 5.32 Å². The molecule has 1 aromatic rings. The Morgan fingerprint density at radius 1 is 1.21 bits per heavy atom. The molecular weight excluding hydrogens is 264 g/mol. The average Bonchev–Trinajstić information content (AvgIpc) is 2.47. The SMILES string of the molecule is COc1ccc(N(C)S(=O)(=O)C2CCNCC2)cc1. The highest BCUT2D eigenvalue weighted by Crippen LogP contribution is 2.24. The van der Waals surface area contributed by atoms with Crippen LogP contribution < -0.4 is 14.4 Å². The van der Waals surface area contributed by atoms with Gasteiger partial charge in [-0.3, -0.25) is 4.31 Å². The molecule has 0 saturated carbocycles. The molecule has 1 fully saturated rings. The summed E-state index contributed by atoms with van der Waals surface area (Å²) in [5.74, 6) is 0.719. The van der Waals surface area contributed by atoms with Crippen LogP contribution >= 0.6 is 0 Å². The number of nitrogens with one attached hydrogen (secondary N) is 1. The molecule has 6 heteroatoms. The molecule has 19 heavy (non-hydrogen) atoms. The summed E-state index contributed by atoms with van der Waals surface area (Å²) >= 11 is 0. The molecule has 0 spiro atoms. The molecule has 1 saturated heterocycles. The first-order chi connectivity index (χ1) is 9.05. The summed E-state index contributed by atoms with van der Waals surface area (Å²) < 4.78 is 31.5. The van der Waals surface area contributed by atoms with Gasteiger partial charge in [0, 0.05) is 7.05 Å². The zero-order valence-electron chi connectivity index (χ0n) is 11.3. The lowest BCUT2D eigenvalue weighted by atomic mass is 10.2. The monoisotopic (exact) mass is 284 g/mol. The van der Waals surface area contributed by atoms with Gasteiger partial charge in [-0.05, 0) is 50.2 Å². The number of sulfonamides is 1. The van der Waals surface area contributed by atoms with Crippen molar-refractivity contribution in [2.75, 3.05) is 31.6 Å². The molecule has 0 bridgehead atoms. The van der Waals surface area contributed by atoms with E-state index in [1.165, 1.54) is 4.31 Å². The lowest BCUT2D eigenvalue weighted by Gasteiger charge is -2.28. The van der Waals surface area contributed by atoms with Gasteiger partial charge in [0.05, 0.1) is 18.0 Å². The average molecular weight is 284 g/mol. The van der Waals surface area contributed by atoms with Gasteiger partial charge >= 0.3 is 0 Å². The molecule has 1 aliphatic heterocycles. The fraction of sp³-hybridized carbons (Fsp3) is 0.538. The minimum absolute atomic E-state index is 0.291. The van der Waals surface area contributed by atoms with E-state index in [1.807, 2.05) is 0 Å². The minimum Gasteiger partial charge on any atom is -0.497 e. The third-order valence-electron chi connectivity index (χ3n) is 3.53. The van der Waals surface area contributed by atoms with E-state index < -0.39 is 10.0 Å². The van der Waals surface area contributed by atoms with Crippen molar-refractivity contribution in [3.05, 3.63) is 24.3 Å². The zero-order valence-corrected chi connectivity index (χ0v) is 12.1. The van der Waals surface area contributed by atoms with Crippen molar-refractivity contribution in [3.63, 3.8) is 0 Å². The number of rotatable bonds is 4. The standard InChI is InChI=1S/C13H20N2O3S/c1-15(11-3-5-12(18-2)6-4-11)19(16,17)13-7-9-14-10-8-13/h3-6,13-14H,7-10H2,1-2H3. The third kappa shape index (κ3) is 3.01. The molecule has 5 nitrogen and oxygen atoms in total. The quantitative estimate of drug-likeness (QED) is 0.903. The molecule has 0 unspecified atom stereocenters. The molecule has 1 aliphatic rings. The van der Waals surface area contributed by atoms with Crippen LogP contribution in [0.2, 0.25) is 0 Å². The normalized spacial score (nSPS) is 17.2. The highest BCUT2D eigenvalue weighted by Gasteiger charge is 2.31. The molecule has 1 aromatic carbocycles. The number of nitrogens with zero attached hydrogens (tertiary/aromatic N) is 1. The van der Waals surface area contributed by atoms with Gasteiger partial charge in [0.25, 0.3) is 0 Å². The van der Waals surface area contributed by atoms with Gasteiger partial charge in [-0.15, -0.1) is 0 Å².